The van der Waals surface area contributed by atoms with E-state index in [-0.39, 0.29) is 31.1 Å². The van der Waals surface area contributed by atoms with E-state index in [1.54, 1.807) is 54.7 Å². The van der Waals surface area contributed by atoms with Crippen molar-refractivity contribution in [2.24, 2.45) is 5.73 Å². The first-order chi connectivity index (χ1) is 21.2. The fraction of sp³-hybridized carbons (Fsp3) is 0.300. The Morgan fingerprint density at radius 1 is 1.09 bits per heavy atom. The third kappa shape index (κ3) is 5.57. The summed E-state index contributed by atoms with van der Waals surface area (Å²) >= 11 is 6.30. The highest BCUT2D eigenvalue weighted by Crippen LogP contribution is 2.30. The van der Waals surface area contributed by atoms with E-state index in [1.165, 1.54) is 15.8 Å². The Hall–Kier alpha value is -4.91. The quantitative estimate of drug-likeness (QED) is 0.322. The molecule has 4 heterocycles. The lowest BCUT2D eigenvalue weighted by molar-refractivity contribution is -0.140. The van der Waals surface area contributed by atoms with Gasteiger partial charge in [-0.25, -0.2) is 4.39 Å². The van der Waals surface area contributed by atoms with Gasteiger partial charge in [-0.2, -0.15) is 15.3 Å². The molecule has 3 N–H and O–H groups in total. The van der Waals surface area contributed by atoms with Crippen molar-refractivity contribution in [3.8, 4) is 11.1 Å². The molecule has 0 bridgehead atoms. The molecule has 14 heteroatoms. The molecular formula is C30H28ClFN8O4. The van der Waals surface area contributed by atoms with Crippen molar-refractivity contribution in [3.05, 3.63) is 71.6 Å². The van der Waals surface area contributed by atoms with E-state index in [0.717, 1.165) is 16.0 Å². The van der Waals surface area contributed by atoms with Gasteiger partial charge in [-0.15, -0.1) is 0 Å². The van der Waals surface area contributed by atoms with Gasteiger partial charge in [-0.3, -0.25) is 23.9 Å². The number of benzene rings is 2. The molecule has 4 aromatic rings. The van der Waals surface area contributed by atoms with Crippen molar-refractivity contribution >= 4 is 51.8 Å². The minimum absolute atomic E-state index is 0.0327. The van der Waals surface area contributed by atoms with Gasteiger partial charge in [0.1, 0.15) is 24.8 Å². The van der Waals surface area contributed by atoms with Crippen LogP contribution in [-0.2, 0) is 20.9 Å². The van der Waals surface area contributed by atoms with Crippen LogP contribution >= 0.6 is 11.6 Å². The predicted octanol–water partition coefficient (Wildman–Crippen LogP) is 2.50. The molecule has 2 saturated heterocycles. The Balaban J connectivity index is 1.20. The average Bonchev–Trinajstić information content (AvgIpc) is 3.59. The van der Waals surface area contributed by atoms with Crippen LogP contribution in [0.25, 0.3) is 22.0 Å². The predicted molar refractivity (Wildman–Crippen MR) is 159 cm³/mol. The van der Waals surface area contributed by atoms with Crippen LogP contribution in [0.15, 0.2) is 60.9 Å². The molecule has 44 heavy (non-hydrogen) atoms. The first kappa shape index (κ1) is 29.2. The maximum Gasteiger partial charge on any atom is 0.269 e. The van der Waals surface area contributed by atoms with Gasteiger partial charge >= 0.3 is 0 Å². The number of piperidine rings is 1. The van der Waals surface area contributed by atoms with Crippen LogP contribution in [-0.4, -0.2) is 79.9 Å². The lowest BCUT2D eigenvalue weighted by Crippen LogP contribution is -2.56. The monoisotopic (exact) mass is 618 g/mol. The Morgan fingerprint density at radius 2 is 1.91 bits per heavy atom. The zero-order valence-corrected chi connectivity index (χ0v) is 24.2. The number of carbonyl (C=O) groups is 4. The SMILES string of the molecule is NC(=O)c1nn(CC(=O)N2C[C@H](F)C[C@H]2C(=O)NC2CCCN(c3ccccc3Cl)C2=O)c2ccc(-c3ccnnc3)cc12. The van der Waals surface area contributed by atoms with Gasteiger partial charge in [0.15, 0.2) is 5.69 Å². The first-order valence-electron chi connectivity index (χ1n) is 14.1. The van der Waals surface area contributed by atoms with E-state index in [1.807, 2.05) is 0 Å². The largest absolute Gasteiger partial charge is 0.364 e. The van der Waals surface area contributed by atoms with Gasteiger partial charge < -0.3 is 20.9 Å². The van der Waals surface area contributed by atoms with Crippen molar-refractivity contribution in [2.75, 3.05) is 18.0 Å². The zero-order chi connectivity index (χ0) is 31.0. The normalized spacial score (nSPS) is 20.2. The third-order valence-corrected chi connectivity index (χ3v) is 8.28. The standard InChI is InChI=1S/C30H28ClFN8O4/c31-21-4-1-2-6-24(21)38-11-3-5-22(30(38)44)36-29(43)25-13-19(32)15-39(25)26(41)16-40-23-8-7-17(18-9-10-34-35-14-18)12-20(23)27(37-40)28(33)42/h1-2,4,6-10,12,14,19,22,25H,3,5,11,13,15-16H2,(H2,33,42)(H,36,43)/t19-,22?,25+/m1/s1. The van der Waals surface area contributed by atoms with Gasteiger partial charge in [-0.05, 0) is 48.7 Å². The number of halogens is 2. The number of nitrogens with two attached hydrogens (primary N) is 1. The van der Waals surface area contributed by atoms with Gasteiger partial charge in [0, 0.05) is 23.9 Å². The number of anilines is 1. The summed E-state index contributed by atoms with van der Waals surface area (Å²) in [5.41, 5.74) is 8.07. The summed E-state index contributed by atoms with van der Waals surface area (Å²) < 4.78 is 16.0. The third-order valence-electron chi connectivity index (χ3n) is 7.96. The second kappa shape index (κ2) is 12.0. The number of nitrogens with zero attached hydrogens (tertiary/aromatic N) is 6. The molecule has 2 aliphatic heterocycles. The maximum absolute atomic E-state index is 14.7. The zero-order valence-electron chi connectivity index (χ0n) is 23.4. The summed E-state index contributed by atoms with van der Waals surface area (Å²) in [5, 5.41) is 15.5. The molecule has 0 saturated carbocycles. The molecule has 0 radical (unpaired) electrons. The number of hydrogen-bond acceptors (Lipinski definition) is 7. The molecule has 2 aliphatic rings. The fourth-order valence-corrected chi connectivity index (χ4v) is 6.08. The Morgan fingerprint density at radius 3 is 2.66 bits per heavy atom. The lowest BCUT2D eigenvalue weighted by atomic mass is 10.0. The van der Waals surface area contributed by atoms with Crippen molar-refractivity contribution in [1.82, 2.24) is 30.2 Å². The summed E-state index contributed by atoms with van der Waals surface area (Å²) in [6.45, 7) is -0.205. The molecule has 6 rings (SSSR count). The van der Waals surface area contributed by atoms with Crippen molar-refractivity contribution in [3.63, 3.8) is 0 Å². The number of hydrogen-bond donors (Lipinski definition) is 2. The van der Waals surface area contributed by atoms with Crippen LogP contribution < -0.4 is 16.0 Å². The van der Waals surface area contributed by atoms with Crippen LogP contribution in [0.1, 0.15) is 29.8 Å². The van der Waals surface area contributed by atoms with Gasteiger partial charge in [0.2, 0.25) is 17.7 Å². The summed E-state index contributed by atoms with van der Waals surface area (Å²) in [5.74, 6) is -2.29. The smallest absolute Gasteiger partial charge is 0.269 e. The summed E-state index contributed by atoms with van der Waals surface area (Å²) in [4.78, 5) is 55.1. The van der Waals surface area contributed by atoms with Crippen LogP contribution in [0.2, 0.25) is 5.02 Å². The molecule has 2 aromatic carbocycles. The highest BCUT2D eigenvalue weighted by atomic mass is 35.5. The number of amides is 4. The number of carbonyl (C=O) groups excluding carboxylic acids is 4. The number of likely N-dealkylation sites (tertiary alicyclic amines) is 1. The minimum Gasteiger partial charge on any atom is -0.364 e. The van der Waals surface area contributed by atoms with Crippen LogP contribution in [0.5, 0.6) is 0 Å². The number of rotatable bonds is 7. The number of nitrogens with one attached hydrogen (secondary N) is 1. The van der Waals surface area contributed by atoms with Gasteiger partial charge in [-0.1, -0.05) is 29.8 Å². The fourth-order valence-electron chi connectivity index (χ4n) is 5.84. The molecule has 12 nitrogen and oxygen atoms in total. The summed E-state index contributed by atoms with van der Waals surface area (Å²) in [6, 6.07) is 11.9. The highest BCUT2D eigenvalue weighted by Gasteiger charge is 2.42. The lowest BCUT2D eigenvalue weighted by Gasteiger charge is -2.34. The Labute approximate surface area is 255 Å². The van der Waals surface area contributed by atoms with Crippen molar-refractivity contribution < 1.29 is 23.6 Å². The minimum atomic E-state index is -1.43. The first-order valence-corrected chi connectivity index (χ1v) is 14.5. The van der Waals surface area contributed by atoms with E-state index in [0.29, 0.717) is 41.0 Å². The highest BCUT2D eigenvalue weighted by molar-refractivity contribution is 6.33. The molecule has 3 atom stereocenters. The van der Waals surface area contributed by atoms with Crippen molar-refractivity contribution in [1.29, 1.82) is 0 Å². The molecule has 0 aliphatic carbocycles. The molecule has 2 aromatic heterocycles. The number of alkyl halides is 1. The number of aromatic nitrogens is 4. The molecule has 2 fully saturated rings. The van der Waals surface area contributed by atoms with E-state index in [9.17, 15) is 23.6 Å². The summed E-state index contributed by atoms with van der Waals surface area (Å²) in [6.07, 6.45) is 2.50. The van der Waals surface area contributed by atoms with E-state index < -0.39 is 36.0 Å². The number of para-hydroxylation sites is 1. The Bertz CT molecular complexity index is 1770. The molecule has 0 spiro atoms. The molecule has 226 valence electrons. The van der Waals surface area contributed by atoms with E-state index in [4.69, 9.17) is 17.3 Å². The molecular weight excluding hydrogens is 591 g/mol. The average molecular weight is 619 g/mol. The number of primary amides is 1. The van der Waals surface area contributed by atoms with Crippen LogP contribution in [0, 0.1) is 0 Å². The maximum atomic E-state index is 14.7. The summed E-state index contributed by atoms with van der Waals surface area (Å²) in [7, 11) is 0. The van der Waals surface area contributed by atoms with Crippen LogP contribution in [0.3, 0.4) is 0 Å². The van der Waals surface area contributed by atoms with Gasteiger partial charge in [0.25, 0.3) is 5.91 Å². The topological polar surface area (TPSA) is 156 Å². The Kier molecular flexibility index (Phi) is 7.95. The van der Waals surface area contributed by atoms with E-state index >= 15 is 0 Å². The van der Waals surface area contributed by atoms with Gasteiger partial charge in [0.05, 0.1) is 35.2 Å². The van der Waals surface area contributed by atoms with E-state index in [2.05, 4.69) is 20.6 Å². The van der Waals surface area contributed by atoms with Crippen molar-refractivity contribution in [2.45, 2.75) is 44.1 Å². The second-order valence-corrected chi connectivity index (χ2v) is 11.2. The van der Waals surface area contributed by atoms with Crippen LogP contribution in [0.4, 0.5) is 10.1 Å². The number of fused-ring (bicyclic) bond motifs is 1. The second-order valence-electron chi connectivity index (χ2n) is 10.8. The molecule has 4 amide bonds. The molecule has 1 unspecified atom stereocenters.